The highest BCUT2D eigenvalue weighted by atomic mass is 16.5. The zero-order valence-corrected chi connectivity index (χ0v) is 16.6. The summed E-state index contributed by atoms with van der Waals surface area (Å²) in [6.45, 7) is 0. The first-order valence-corrected chi connectivity index (χ1v) is 9.36. The van der Waals surface area contributed by atoms with E-state index in [2.05, 4.69) is 5.32 Å². The lowest BCUT2D eigenvalue weighted by Crippen LogP contribution is -2.32. The monoisotopic (exact) mass is 400 g/mol. The van der Waals surface area contributed by atoms with Gasteiger partial charge in [-0.05, 0) is 42.0 Å². The van der Waals surface area contributed by atoms with Crippen LogP contribution >= 0.6 is 0 Å². The van der Waals surface area contributed by atoms with Gasteiger partial charge in [-0.25, -0.2) is 4.90 Å². The summed E-state index contributed by atoms with van der Waals surface area (Å²) in [5, 5.41) is 3.13. The van der Waals surface area contributed by atoms with Crippen LogP contribution in [0, 0.1) is 0 Å². The van der Waals surface area contributed by atoms with Crippen LogP contribution in [-0.4, -0.2) is 26.0 Å². The molecule has 3 aromatic rings. The normalized spacial score (nSPS) is 13.6. The fourth-order valence-corrected chi connectivity index (χ4v) is 3.37. The Morgan fingerprint density at radius 2 is 1.40 bits per heavy atom. The van der Waals surface area contributed by atoms with Gasteiger partial charge in [0.25, 0.3) is 11.8 Å². The second kappa shape index (κ2) is 8.13. The van der Waals surface area contributed by atoms with Crippen LogP contribution in [0.15, 0.2) is 84.6 Å². The Kier molecular flexibility index (Phi) is 5.22. The first-order valence-electron chi connectivity index (χ1n) is 9.36. The molecule has 0 aromatic heterocycles. The molecule has 0 bridgehead atoms. The van der Waals surface area contributed by atoms with Crippen LogP contribution < -0.4 is 19.7 Å². The summed E-state index contributed by atoms with van der Waals surface area (Å²) in [5.74, 6) is 0.380. The highest BCUT2D eigenvalue weighted by Crippen LogP contribution is 2.35. The summed E-state index contributed by atoms with van der Waals surface area (Å²) in [4.78, 5) is 27.9. The number of methoxy groups -OCH3 is 2. The average Bonchev–Trinajstić information content (AvgIpc) is 3.04. The van der Waals surface area contributed by atoms with Gasteiger partial charge in [-0.1, -0.05) is 42.5 Å². The van der Waals surface area contributed by atoms with Crippen LogP contribution in [0.4, 0.5) is 11.4 Å². The minimum absolute atomic E-state index is 0.200. The lowest BCUT2D eigenvalue weighted by Gasteiger charge is -2.16. The Balaban J connectivity index is 1.80. The number of hydrogen-bond acceptors (Lipinski definition) is 5. The molecule has 150 valence electrons. The molecule has 3 aromatic carbocycles. The predicted molar refractivity (Wildman–Crippen MR) is 115 cm³/mol. The number of benzene rings is 3. The van der Waals surface area contributed by atoms with E-state index >= 15 is 0 Å². The Morgan fingerprint density at radius 3 is 2.07 bits per heavy atom. The van der Waals surface area contributed by atoms with Crippen molar-refractivity contribution in [2.75, 3.05) is 24.4 Å². The first kappa shape index (κ1) is 19.3. The molecule has 6 nitrogen and oxygen atoms in total. The minimum atomic E-state index is -0.435. The number of anilines is 2. The third-order valence-electron chi connectivity index (χ3n) is 4.84. The van der Waals surface area contributed by atoms with Crippen LogP contribution in [0.5, 0.6) is 11.5 Å². The molecule has 0 aliphatic carbocycles. The Morgan fingerprint density at radius 1 is 0.733 bits per heavy atom. The van der Waals surface area contributed by atoms with Gasteiger partial charge < -0.3 is 14.8 Å². The maximum absolute atomic E-state index is 13.4. The molecule has 4 rings (SSSR count). The molecule has 1 aliphatic rings. The van der Waals surface area contributed by atoms with E-state index in [0.717, 1.165) is 0 Å². The van der Waals surface area contributed by atoms with E-state index < -0.39 is 11.8 Å². The van der Waals surface area contributed by atoms with Crippen molar-refractivity contribution in [3.63, 3.8) is 0 Å². The van der Waals surface area contributed by atoms with Gasteiger partial charge in [0.2, 0.25) is 0 Å². The zero-order chi connectivity index (χ0) is 21.1. The number of imide groups is 1. The molecule has 0 radical (unpaired) electrons. The lowest BCUT2D eigenvalue weighted by atomic mass is 10.0. The van der Waals surface area contributed by atoms with Crippen molar-refractivity contribution in [3.8, 4) is 11.5 Å². The molecular weight excluding hydrogens is 380 g/mol. The highest BCUT2D eigenvalue weighted by molar-refractivity contribution is 6.46. The summed E-state index contributed by atoms with van der Waals surface area (Å²) in [5.41, 5.74) is 2.23. The van der Waals surface area contributed by atoms with Crippen molar-refractivity contribution in [2.45, 2.75) is 0 Å². The number of ether oxygens (including phenoxy) is 2. The van der Waals surface area contributed by atoms with E-state index in [1.165, 1.54) is 4.90 Å². The van der Waals surface area contributed by atoms with Crippen LogP contribution in [0.3, 0.4) is 0 Å². The number of hydrogen-bond donors (Lipinski definition) is 1. The second-order valence-corrected chi connectivity index (χ2v) is 6.59. The van der Waals surface area contributed by atoms with Crippen molar-refractivity contribution < 1.29 is 19.1 Å². The van der Waals surface area contributed by atoms with Gasteiger partial charge in [0.1, 0.15) is 17.2 Å². The largest absolute Gasteiger partial charge is 0.497 e. The van der Waals surface area contributed by atoms with Crippen LogP contribution in [0.2, 0.25) is 0 Å². The second-order valence-electron chi connectivity index (χ2n) is 6.59. The van der Waals surface area contributed by atoms with Crippen molar-refractivity contribution in [1.29, 1.82) is 0 Å². The van der Waals surface area contributed by atoms with Crippen LogP contribution in [0.25, 0.3) is 5.57 Å². The molecule has 2 amide bonds. The van der Waals surface area contributed by atoms with E-state index in [1.807, 2.05) is 42.5 Å². The van der Waals surface area contributed by atoms with Crippen molar-refractivity contribution in [2.24, 2.45) is 0 Å². The first-order chi connectivity index (χ1) is 14.6. The van der Waals surface area contributed by atoms with Crippen molar-refractivity contribution in [1.82, 2.24) is 0 Å². The summed E-state index contributed by atoms with van der Waals surface area (Å²) >= 11 is 0. The van der Waals surface area contributed by atoms with Gasteiger partial charge >= 0.3 is 0 Å². The standard InChI is InChI=1S/C24H20N2O4/c1-29-18-14-12-17(13-15-18)26-23(27)21(16-8-4-3-5-9-16)22(24(26)28)25-19-10-6-7-11-20(19)30-2/h3-15,25H,1-2H3. The van der Waals surface area contributed by atoms with Crippen LogP contribution in [-0.2, 0) is 9.59 Å². The number of rotatable bonds is 6. The van der Waals surface area contributed by atoms with E-state index in [4.69, 9.17) is 9.47 Å². The Labute approximate surface area is 174 Å². The molecule has 0 saturated heterocycles. The zero-order valence-electron chi connectivity index (χ0n) is 16.6. The fraction of sp³-hybridized carbons (Fsp3) is 0.0833. The number of para-hydroxylation sites is 2. The van der Waals surface area contributed by atoms with E-state index in [1.54, 1.807) is 50.6 Å². The maximum Gasteiger partial charge on any atom is 0.282 e. The molecule has 1 aliphatic heterocycles. The lowest BCUT2D eigenvalue weighted by molar-refractivity contribution is -0.120. The average molecular weight is 400 g/mol. The molecule has 30 heavy (non-hydrogen) atoms. The summed E-state index contributed by atoms with van der Waals surface area (Å²) in [6, 6.07) is 23.2. The molecule has 1 heterocycles. The number of carbonyl (C=O) groups is 2. The van der Waals surface area contributed by atoms with E-state index in [0.29, 0.717) is 34.0 Å². The Bertz CT molecular complexity index is 1120. The minimum Gasteiger partial charge on any atom is -0.497 e. The molecular formula is C24H20N2O4. The third kappa shape index (κ3) is 3.39. The highest BCUT2D eigenvalue weighted by Gasteiger charge is 2.40. The quantitative estimate of drug-likeness (QED) is 0.631. The Hall–Kier alpha value is -4.06. The summed E-state index contributed by atoms with van der Waals surface area (Å²) in [6.07, 6.45) is 0. The third-order valence-corrected chi connectivity index (χ3v) is 4.84. The SMILES string of the molecule is COc1ccc(N2C(=O)C(Nc3ccccc3OC)=C(c3ccccc3)C2=O)cc1. The van der Waals surface area contributed by atoms with Crippen molar-refractivity contribution >= 4 is 28.8 Å². The molecule has 1 N–H and O–H groups in total. The number of nitrogens with one attached hydrogen (secondary N) is 1. The maximum atomic E-state index is 13.4. The smallest absolute Gasteiger partial charge is 0.282 e. The summed E-state index contributed by atoms with van der Waals surface area (Å²) < 4.78 is 10.6. The van der Waals surface area contributed by atoms with Gasteiger partial charge in [-0.15, -0.1) is 0 Å². The molecule has 0 fully saturated rings. The molecule has 0 spiro atoms. The van der Waals surface area contributed by atoms with Crippen molar-refractivity contribution in [3.05, 3.63) is 90.1 Å². The number of carbonyl (C=O) groups excluding carboxylic acids is 2. The number of amides is 2. The van der Waals surface area contributed by atoms with Gasteiger partial charge in [0.05, 0.1) is 31.2 Å². The fourth-order valence-electron chi connectivity index (χ4n) is 3.37. The van der Waals surface area contributed by atoms with Crippen LogP contribution in [0.1, 0.15) is 5.56 Å². The topological polar surface area (TPSA) is 67.9 Å². The van der Waals surface area contributed by atoms with Gasteiger partial charge in [-0.3, -0.25) is 9.59 Å². The molecule has 0 unspecified atom stereocenters. The predicted octanol–water partition coefficient (Wildman–Crippen LogP) is 4.10. The summed E-state index contributed by atoms with van der Waals surface area (Å²) in [7, 11) is 3.11. The van der Waals surface area contributed by atoms with E-state index in [9.17, 15) is 9.59 Å². The van der Waals surface area contributed by atoms with Gasteiger partial charge in [0.15, 0.2) is 0 Å². The molecule has 6 heteroatoms. The van der Waals surface area contributed by atoms with Gasteiger partial charge in [0, 0.05) is 0 Å². The number of nitrogens with zero attached hydrogens (tertiary/aromatic N) is 1. The molecule has 0 saturated carbocycles. The van der Waals surface area contributed by atoms with E-state index in [-0.39, 0.29) is 5.70 Å². The molecule has 0 atom stereocenters. The van der Waals surface area contributed by atoms with Gasteiger partial charge in [-0.2, -0.15) is 0 Å².